The summed E-state index contributed by atoms with van der Waals surface area (Å²) in [6.45, 7) is 0.345. The Balaban J connectivity index is 0.00000176. The maximum atomic E-state index is 12.4. The largest absolute Gasteiger partial charge is 0.329 e. The molecule has 22 heavy (non-hydrogen) atoms. The molecule has 120 valence electrons. The molecule has 1 aromatic heterocycles. The number of pyridine rings is 1. The molecular formula is C15H20ClN3O2S. The van der Waals surface area contributed by atoms with E-state index in [-0.39, 0.29) is 24.2 Å². The first-order valence-corrected chi connectivity index (χ1v) is 8.77. The van der Waals surface area contributed by atoms with Gasteiger partial charge in [-0.3, -0.25) is 4.98 Å². The van der Waals surface area contributed by atoms with E-state index in [9.17, 15) is 8.42 Å². The van der Waals surface area contributed by atoms with Crippen molar-refractivity contribution in [1.82, 2.24) is 9.71 Å². The van der Waals surface area contributed by atoms with Gasteiger partial charge in [0.2, 0.25) is 10.0 Å². The second-order valence-corrected chi connectivity index (χ2v) is 7.30. The Morgan fingerprint density at radius 1 is 1.27 bits per heavy atom. The fourth-order valence-corrected chi connectivity index (χ4v) is 4.07. The molecule has 0 aliphatic heterocycles. The SMILES string of the molecule is Cl.NCC(NS(=O)(=O)Cc1cccc2cccnc12)C1CC1. The first-order valence-electron chi connectivity index (χ1n) is 7.12. The normalized spacial score (nSPS) is 16.2. The number of aromatic nitrogens is 1. The third-order valence-electron chi connectivity index (χ3n) is 3.84. The van der Waals surface area contributed by atoms with Crippen molar-refractivity contribution in [2.45, 2.75) is 24.6 Å². The van der Waals surface area contributed by atoms with Crippen LogP contribution in [0.1, 0.15) is 18.4 Å². The van der Waals surface area contributed by atoms with E-state index in [1.165, 1.54) is 0 Å². The third kappa shape index (κ3) is 3.95. The molecule has 3 rings (SSSR count). The summed E-state index contributed by atoms with van der Waals surface area (Å²) in [5.74, 6) is 0.334. The standard InChI is InChI=1S/C15H19N3O2S.ClH/c16-9-14(11-6-7-11)18-21(19,20)10-13-4-1-3-12-5-2-8-17-15(12)13;/h1-5,8,11,14,18H,6-7,9-10,16H2;1H. The Morgan fingerprint density at radius 3 is 2.68 bits per heavy atom. The van der Waals surface area contributed by atoms with Crippen molar-refractivity contribution in [2.24, 2.45) is 11.7 Å². The van der Waals surface area contributed by atoms with Crippen LogP contribution in [0.3, 0.4) is 0 Å². The van der Waals surface area contributed by atoms with Crippen LogP contribution >= 0.6 is 12.4 Å². The van der Waals surface area contributed by atoms with Gasteiger partial charge >= 0.3 is 0 Å². The summed E-state index contributed by atoms with van der Waals surface area (Å²) in [6, 6.07) is 9.23. The smallest absolute Gasteiger partial charge is 0.216 e. The molecule has 0 amide bonds. The molecule has 5 nitrogen and oxygen atoms in total. The molecule has 1 unspecified atom stereocenters. The van der Waals surface area contributed by atoms with Crippen LogP contribution in [0, 0.1) is 5.92 Å². The lowest BCUT2D eigenvalue weighted by Crippen LogP contribution is -2.42. The van der Waals surface area contributed by atoms with E-state index in [4.69, 9.17) is 5.73 Å². The summed E-state index contributed by atoms with van der Waals surface area (Å²) >= 11 is 0. The first-order chi connectivity index (χ1) is 10.1. The summed E-state index contributed by atoms with van der Waals surface area (Å²) < 4.78 is 27.4. The average molecular weight is 342 g/mol. The van der Waals surface area contributed by atoms with Crippen LogP contribution in [0.2, 0.25) is 0 Å². The quantitative estimate of drug-likeness (QED) is 0.839. The Kier molecular flexibility index (Phi) is 5.39. The molecule has 1 aliphatic carbocycles. The molecule has 0 saturated heterocycles. The molecular weight excluding hydrogens is 322 g/mol. The second kappa shape index (κ2) is 6.91. The van der Waals surface area contributed by atoms with Crippen molar-refractivity contribution < 1.29 is 8.42 Å². The van der Waals surface area contributed by atoms with Crippen molar-refractivity contribution in [1.29, 1.82) is 0 Å². The Bertz CT molecular complexity index is 742. The predicted octanol–water partition coefficient (Wildman–Crippen LogP) is 1.81. The van der Waals surface area contributed by atoms with Gasteiger partial charge in [-0.25, -0.2) is 13.1 Å². The minimum absolute atomic E-state index is 0. The molecule has 0 radical (unpaired) electrons. The van der Waals surface area contributed by atoms with Gasteiger partial charge in [-0.1, -0.05) is 24.3 Å². The van der Waals surface area contributed by atoms with Crippen molar-refractivity contribution in [3.05, 3.63) is 42.1 Å². The lowest BCUT2D eigenvalue weighted by molar-refractivity contribution is 0.518. The average Bonchev–Trinajstić information content (AvgIpc) is 3.29. The summed E-state index contributed by atoms with van der Waals surface area (Å²) in [7, 11) is -3.41. The van der Waals surface area contributed by atoms with Gasteiger partial charge in [0.1, 0.15) is 0 Å². The van der Waals surface area contributed by atoms with Gasteiger partial charge in [-0.15, -0.1) is 12.4 Å². The van der Waals surface area contributed by atoms with Crippen molar-refractivity contribution in [2.75, 3.05) is 6.54 Å². The number of fused-ring (bicyclic) bond motifs is 1. The summed E-state index contributed by atoms with van der Waals surface area (Å²) in [4.78, 5) is 4.30. The van der Waals surface area contributed by atoms with Gasteiger partial charge in [0.25, 0.3) is 0 Å². The van der Waals surface area contributed by atoms with Gasteiger partial charge < -0.3 is 5.73 Å². The molecule has 3 N–H and O–H groups in total. The van der Waals surface area contributed by atoms with Crippen LogP contribution < -0.4 is 10.5 Å². The number of nitrogens with one attached hydrogen (secondary N) is 1. The van der Waals surface area contributed by atoms with Gasteiger partial charge in [0.15, 0.2) is 0 Å². The molecule has 1 heterocycles. The Hall–Kier alpha value is -1.21. The van der Waals surface area contributed by atoms with Crippen molar-refractivity contribution in [3.63, 3.8) is 0 Å². The van der Waals surface area contributed by atoms with Crippen LogP contribution in [0.25, 0.3) is 10.9 Å². The number of sulfonamides is 1. The van der Waals surface area contributed by atoms with E-state index in [1.807, 2.05) is 30.3 Å². The van der Waals surface area contributed by atoms with Gasteiger partial charge in [0.05, 0.1) is 11.3 Å². The van der Waals surface area contributed by atoms with Crippen LogP contribution in [-0.4, -0.2) is 26.0 Å². The lowest BCUT2D eigenvalue weighted by atomic mass is 10.1. The molecule has 1 atom stereocenters. The first kappa shape index (κ1) is 17.1. The van der Waals surface area contributed by atoms with Crippen LogP contribution in [0.15, 0.2) is 36.5 Å². The van der Waals surface area contributed by atoms with Gasteiger partial charge in [-0.05, 0) is 30.4 Å². The number of para-hydroxylation sites is 1. The van der Waals surface area contributed by atoms with E-state index < -0.39 is 10.0 Å². The summed E-state index contributed by atoms with van der Waals surface area (Å²) in [5, 5.41) is 0.947. The highest BCUT2D eigenvalue weighted by Crippen LogP contribution is 2.32. The van der Waals surface area contributed by atoms with E-state index in [2.05, 4.69) is 9.71 Å². The van der Waals surface area contributed by atoms with E-state index in [1.54, 1.807) is 6.20 Å². The van der Waals surface area contributed by atoms with Crippen LogP contribution in [0.4, 0.5) is 0 Å². The molecule has 1 aromatic carbocycles. The van der Waals surface area contributed by atoms with E-state index in [0.29, 0.717) is 18.0 Å². The summed E-state index contributed by atoms with van der Waals surface area (Å²) in [6.07, 6.45) is 3.79. The monoisotopic (exact) mass is 341 g/mol. The predicted molar refractivity (Wildman–Crippen MR) is 90.3 cm³/mol. The minimum Gasteiger partial charge on any atom is -0.329 e. The zero-order valence-electron chi connectivity index (χ0n) is 12.1. The van der Waals surface area contributed by atoms with Gasteiger partial charge in [-0.2, -0.15) is 0 Å². The zero-order chi connectivity index (χ0) is 14.9. The summed E-state index contributed by atoms with van der Waals surface area (Å²) in [5.41, 5.74) is 7.12. The zero-order valence-corrected chi connectivity index (χ0v) is 13.7. The maximum Gasteiger partial charge on any atom is 0.216 e. The molecule has 1 fully saturated rings. The number of benzene rings is 1. The van der Waals surface area contributed by atoms with E-state index in [0.717, 1.165) is 23.7 Å². The highest BCUT2D eigenvalue weighted by molar-refractivity contribution is 7.88. The topological polar surface area (TPSA) is 85.1 Å². The third-order valence-corrected chi connectivity index (χ3v) is 5.19. The number of nitrogens with two attached hydrogens (primary N) is 1. The number of halogens is 1. The fraction of sp³-hybridized carbons (Fsp3) is 0.400. The number of rotatable bonds is 6. The molecule has 0 spiro atoms. The van der Waals surface area contributed by atoms with Gasteiger partial charge in [0, 0.05) is 24.2 Å². The fourth-order valence-electron chi connectivity index (χ4n) is 2.60. The second-order valence-electron chi connectivity index (χ2n) is 5.55. The highest BCUT2D eigenvalue weighted by atomic mass is 35.5. The molecule has 0 bridgehead atoms. The van der Waals surface area contributed by atoms with E-state index >= 15 is 0 Å². The van der Waals surface area contributed by atoms with Crippen LogP contribution in [0.5, 0.6) is 0 Å². The number of hydrogen-bond donors (Lipinski definition) is 2. The number of nitrogens with zero attached hydrogens (tertiary/aromatic N) is 1. The molecule has 2 aromatic rings. The molecule has 1 aliphatic rings. The minimum atomic E-state index is -3.41. The number of hydrogen-bond acceptors (Lipinski definition) is 4. The Morgan fingerprint density at radius 2 is 2.00 bits per heavy atom. The van der Waals surface area contributed by atoms with Crippen LogP contribution in [-0.2, 0) is 15.8 Å². The van der Waals surface area contributed by atoms with Crippen molar-refractivity contribution >= 4 is 33.3 Å². The lowest BCUT2D eigenvalue weighted by Gasteiger charge is -2.16. The molecule has 7 heteroatoms. The Labute approximate surface area is 136 Å². The maximum absolute atomic E-state index is 12.4. The van der Waals surface area contributed by atoms with Crippen molar-refractivity contribution in [3.8, 4) is 0 Å². The highest BCUT2D eigenvalue weighted by Gasteiger charge is 2.33. The molecule has 1 saturated carbocycles.